The van der Waals surface area contributed by atoms with E-state index < -0.39 is 6.61 Å². The molecule has 0 bridgehead atoms. The van der Waals surface area contributed by atoms with Crippen molar-refractivity contribution in [1.29, 1.82) is 0 Å². The van der Waals surface area contributed by atoms with E-state index >= 15 is 0 Å². The summed E-state index contributed by atoms with van der Waals surface area (Å²) in [6, 6.07) is 3.15. The highest BCUT2D eigenvalue weighted by Gasteiger charge is 2.23. The molecule has 2 aliphatic rings. The number of fused-ring (bicyclic) bond motifs is 1. The topological polar surface area (TPSA) is 60.0 Å². The first-order valence-electron chi connectivity index (χ1n) is 7.87. The van der Waals surface area contributed by atoms with Crippen LogP contribution in [0.3, 0.4) is 0 Å². The molecule has 3 rings (SSSR count). The fraction of sp³-hybridized carbons (Fsp3) is 0.562. The van der Waals surface area contributed by atoms with Crippen molar-refractivity contribution in [2.75, 3.05) is 20.4 Å². The Balaban J connectivity index is 0.00000225. The van der Waals surface area contributed by atoms with Crippen molar-refractivity contribution in [3.8, 4) is 17.2 Å². The van der Waals surface area contributed by atoms with Gasteiger partial charge in [-0.3, -0.25) is 4.79 Å². The Morgan fingerprint density at radius 1 is 1.40 bits per heavy atom. The number of ether oxygens (including phenoxy) is 3. The highest BCUT2D eigenvalue weighted by molar-refractivity contribution is 5.85. The third kappa shape index (κ3) is 4.85. The van der Waals surface area contributed by atoms with Gasteiger partial charge in [0.25, 0.3) is 0 Å². The molecule has 1 saturated heterocycles. The summed E-state index contributed by atoms with van der Waals surface area (Å²) in [6.07, 6.45) is 2.44. The lowest BCUT2D eigenvalue weighted by Gasteiger charge is -2.21. The summed E-state index contributed by atoms with van der Waals surface area (Å²) in [5.41, 5.74) is 0.454. The maximum Gasteiger partial charge on any atom is 0.387 e. The van der Waals surface area contributed by atoms with Gasteiger partial charge in [-0.15, -0.1) is 12.4 Å². The Hall–Kier alpha value is -1.80. The monoisotopic (exact) mass is 378 g/mol. The Labute approximate surface area is 150 Å². The van der Waals surface area contributed by atoms with Crippen LogP contribution in [0.15, 0.2) is 12.1 Å². The number of carbonyl (C=O) groups excluding carboxylic acids is 1. The number of carbonyl (C=O) groups is 1. The molecule has 2 heterocycles. The molecule has 2 aliphatic heterocycles. The van der Waals surface area contributed by atoms with Crippen molar-refractivity contribution in [3.63, 3.8) is 0 Å². The minimum absolute atomic E-state index is 0. The normalized spacial score (nSPS) is 18.2. The Morgan fingerprint density at radius 2 is 2.12 bits per heavy atom. The minimum atomic E-state index is -2.95. The van der Waals surface area contributed by atoms with Crippen molar-refractivity contribution >= 4 is 18.3 Å². The number of amides is 1. The van der Waals surface area contributed by atoms with Crippen molar-refractivity contribution in [2.24, 2.45) is 0 Å². The average molecular weight is 379 g/mol. The zero-order valence-electron chi connectivity index (χ0n) is 13.8. The minimum Gasteiger partial charge on any atom is -0.454 e. The smallest absolute Gasteiger partial charge is 0.387 e. The summed E-state index contributed by atoms with van der Waals surface area (Å²) in [4.78, 5) is 13.8. The molecule has 25 heavy (non-hydrogen) atoms. The Morgan fingerprint density at radius 3 is 2.76 bits per heavy atom. The van der Waals surface area contributed by atoms with E-state index in [-0.39, 0.29) is 43.4 Å². The molecule has 0 spiro atoms. The summed E-state index contributed by atoms with van der Waals surface area (Å²) in [5.74, 6) is 0.770. The maximum atomic E-state index is 12.6. The molecule has 0 aromatic heterocycles. The van der Waals surface area contributed by atoms with Gasteiger partial charge in [0.15, 0.2) is 11.5 Å². The first-order valence-corrected chi connectivity index (χ1v) is 7.87. The second-order valence-electron chi connectivity index (χ2n) is 5.94. The molecule has 0 aliphatic carbocycles. The van der Waals surface area contributed by atoms with Crippen LogP contribution in [-0.2, 0) is 11.3 Å². The van der Waals surface area contributed by atoms with E-state index in [1.165, 1.54) is 11.0 Å². The van der Waals surface area contributed by atoms with Crippen molar-refractivity contribution in [1.82, 2.24) is 10.2 Å². The van der Waals surface area contributed by atoms with Gasteiger partial charge in [-0.1, -0.05) is 0 Å². The fourth-order valence-corrected chi connectivity index (χ4v) is 2.94. The van der Waals surface area contributed by atoms with E-state index in [0.717, 1.165) is 19.4 Å². The molecule has 140 valence electrons. The van der Waals surface area contributed by atoms with Gasteiger partial charge in [0, 0.05) is 37.7 Å². The van der Waals surface area contributed by atoms with Gasteiger partial charge < -0.3 is 24.4 Å². The van der Waals surface area contributed by atoms with Crippen LogP contribution in [0.5, 0.6) is 17.2 Å². The third-order valence-electron chi connectivity index (χ3n) is 4.19. The van der Waals surface area contributed by atoms with Crippen LogP contribution in [0, 0.1) is 0 Å². The number of hydrogen-bond acceptors (Lipinski definition) is 5. The van der Waals surface area contributed by atoms with E-state index in [4.69, 9.17) is 9.47 Å². The lowest BCUT2D eigenvalue weighted by molar-refractivity contribution is -0.130. The van der Waals surface area contributed by atoms with Crippen LogP contribution in [0.2, 0.25) is 0 Å². The van der Waals surface area contributed by atoms with Gasteiger partial charge in [0.05, 0.1) is 0 Å². The summed E-state index contributed by atoms with van der Waals surface area (Å²) in [6.45, 7) is -1.83. The largest absolute Gasteiger partial charge is 0.454 e. The molecule has 1 atom stereocenters. The quantitative estimate of drug-likeness (QED) is 0.824. The van der Waals surface area contributed by atoms with Gasteiger partial charge in [-0.25, -0.2) is 0 Å². The van der Waals surface area contributed by atoms with Crippen LogP contribution < -0.4 is 19.5 Å². The van der Waals surface area contributed by atoms with E-state index in [0.29, 0.717) is 23.5 Å². The number of rotatable bonds is 6. The van der Waals surface area contributed by atoms with E-state index in [1.807, 2.05) is 0 Å². The van der Waals surface area contributed by atoms with Crippen LogP contribution in [0.4, 0.5) is 8.78 Å². The SMILES string of the molecule is CN(Cc1cc2c(cc1OC(F)F)OCO2)C(=O)CC1CCCN1.Cl. The summed E-state index contributed by atoms with van der Waals surface area (Å²) >= 11 is 0. The number of halogens is 3. The van der Waals surface area contributed by atoms with E-state index in [1.54, 1.807) is 13.1 Å². The molecule has 0 radical (unpaired) electrons. The zero-order chi connectivity index (χ0) is 17.1. The maximum absolute atomic E-state index is 12.6. The van der Waals surface area contributed by atoms with Crippen LogP contribution >= 0.6 is 12.4 Å². The van der Waals surface area contributed by atoms with Gasteiger partial charge >= 0.3 is 6.61 Å². The van der Waals surface area contributed by atoms with E-state index in [9.17, 15) is 13.6 Å². The van der Waals surface area contributed by atoms with Gasteiger partial charge in [0.2, 0.25) is 12.7 Å². The van der Waals surface area contributed by atoms with Gasteiger partial charge in [0.1, 0.15) is 5.75 Å². The molecule has 0 saturated carbocycles. The number of alkyl halides is 2. The molecular weight excluding hydrogens is 358 g/mol. The molecular formula is C16H21ClF2N2O4. The number of benzene rings is 1. The van der Waals surface area contributed by atoms with Crippen molar-refractivity contribution in [3.05, 3.63) is 17.7 Å². The predicted octanol–water partition coefficient (Wildman–Crippen LogP) is 2.54. The lowest BCUT2D eigenvalue weighted by Crippen LogP contribution is -2.33. The summed E-state index contributed by atoms with van der Waals surface area (Å²) in [5, 5.41) is 3.27. The second kappa shape index (κ2) is 8.53. The fourth-order valence-electron chi connectivity index (χ4n) is 2.94. The standard InChI is InChI=1S/C16H20F2N2O4.ClH/c1-20(15(21)6-11-3-2-4-19-11)8-10-5-13-14(23-9-22-13)7-12(10)24-16(17)18;/h5,7,11,16,19H,2-4,6,8-9H2,1H3;1H. The molecule has 1 aromatic carbocycles. The first-order chi connectivity index (χ1) is 11.5. The Bertz CT molecular complexity index is 612. The summed E-state index contributed by atoms with van der Waals surface area (Å²) in [7, 11) is 1.65. The third-order valence-corrected chi connectivity index (χ3v) is 4.19. The molecule has 1 unspecified atom stereocenters. The van der Waals surface area contributed by atoms with Gasteiger partial charge in [-0.2, -0.15) is 8.78 Å². The molecule has 1 N–H and O–H groups in total. The molecule has 1 fully saturated rings. The highest BCUT2D eigenvalue weighted by atomic mass is 35.5. The lowest BCUT2D eigenvalue weighted by atomic mass is 10.1. The van der Waals surface area contributed by atoms with Crippen molar-refractivity contribution in [2.45, 2.75) is 38.5 Å². The van der Waals surface area contributed by atoms with Crippen LogP contribution in [0.25, 0.3) is 0 Å². The average Bonchev–Trinajstić information content (AvgIpc) is 3.18. The Kier molecular flexibility index (Phi) is 6.66. The van der Waals surface area contributed by atoms with Crippen LogP contribution in [0.1, 0.15) is 24.8 Å². The second-order valence-corrected chi connectivity index (χ2v) is 5.94. The number of nitrogens with one attached hydrogen (secondary N) is 1. The summed E-state index contributed by atoms with van der Waals surface area (Å²) < 4.78 is 40.3. The number of nitrogens with zero attached hydrogens (tertiary/aromatic N) is 1. The highest BCUT2D eigenvalue weighted by Crippen LogP contribution is 2.39. The van der Waals surface area contributed by atoms with Gasteiger partial charge in [-0.05, 0) is 25.5 Å². The molecule has 1 amide bonds. The zero-order valence-corrected chi connectivity index (χ0v) is 14.6. The van der Waals surface area contributed by atoms with E-state index in [2.05, 4.69) is 10.1 Å². The van der Waals surface area contributed by atoms with Crippen molar-refractivity contribution < 1.29 is 27.8 Å². The molecule has 1 aromatic rings. The van der Waals surface area contributed by atoms with Crippen LogP contribution in [-0.4, -0.2) is 43.8 Å². The molecule has 6 nitrogen and oxygen atoms in total. The first kappa shape index (κ1) is 19.5. The number of hydrogen-bond donors (Lipinski definition) is 1. The molecule has 9 heteroatoms. The predicted molar refractivity (Wildman–Crippen MR) is 88.6 cm³/mol.